The van der Waals surface area contributed by atoms with Gasteiger partial charge in [-0.2, -0.15) is 14.9 Å². The third-order valence-electron chi connectivity index (χ3n) is 7.38. The minimum Gasteiger partial charge on any atom is -0.379 e. The number of carbonyl (C=O) groups excluding carboxylic acids is 1. The van der Waals surface area contributed by atoms with Crippen molar-refractivity contribution < 1.29 is 18.3 Å². The van der Waals surface area contributed by atoms with Gasteiger partial charge in [0.2, 0.25) is 0 Å². The molecule has 2 fully saturated rings. The molecular weight excluding hydrogens is 506 g/mol. The number of benzene rings is 2. The second kappa shape index (κ2) is 9.57. The van der Waals surface area contributed by atoms with Gasteiger partial charge in [-0.3, -0.25) is 14.3 Å². The number of fused-ring (bicyclic) bond motifs is 1. The van der Waals surface area contributed by atoms with Crippen molar-refractivity contribution >= 4 is 28.2 Å². The van der Waals surface area contributed by atoms with Gasteiger partial charge in [0.05, 0.1) is 29.5 Å². The van der Waals surface area contributed by atoms with Crippen LogP contribution in [0.15, 0.2) is 53.5 Å². The molecule has 2 aliphatic rings. The largest absolute Gasteiger partial charge is 0.379 e. The highest BCUT2D eigenvalue weighted by Crippen LogP contribution is 2.41. The molecule has 6 rings (SSSR count). The highest BCUT2D eigenvalue weighted by atomic mass is 19.1. The first-order chi connectivity index (χ1) is 18.7. The number of nitrogens with zero attached hydrogens (tertiary/aromatic N) is 5. The first-order valence-electron chi connectivity index (χ1n) is 12.9. The Morgan fingerprint density at radius 1 is 1.08 bits per heavy atom. The van der Waals surface area contributed by atoms with Gasteiger partial charge in [-0.05, 0) is 48.6 Å². The van der Waals surface area contributed by atoms with Crippen LogP contribution >= 0.6 is 0 Å². The Hall–Kier alpha value is -4.12. The molecule has 0 aliphatic carbocycles. The molecule has 39 heavy (non-hydrogen) atoms. The fourth-order valence-electron chi connectivity index (χ4n) is 5.33. The molecule has 2 aliphatic heterocycles. The fraction of sp³-hybridized carbons (Fsp3) is 0.357. The van der Waals surface area contributed by atoms with E-state index >= 15 is 0 Å². The lowest BCUT2D eigenvalue weighted by atomic mass is 9.93. The zero-order valence-corrected chi connectivity index (χ0v) is 21.7. The molecule has 2 aromatic carbocycles. The van der Waals surface area contributed by atoms with Crippen molar-refractivity contribution in [3.05, 3.63) is 76.3 Å². The number of hydrogen-bond donors (Lipinski definition) is 1. The minimum atomic E-state index is -0.962. The summed E-state index contributed by atoms with van der Waals surface area (Å²) < 4.78 is 36.8. The maximum absolute atomic E-state index is 14.4. The van der Waals surface area contributed by atoms with Gasteiger partial charge in [0.25, 0.3) is 11.5 Å². The lowest BCUT2D eigenvalue weighted by molar-refractivity contribution is 0.102. The third-order valence-corrected chi connectivity index (χ3v) is 7.38. The van der Waals surface area contributed by atoms with Crippen LogP contribution in [0.2, 0.25) is 0 Å². The Balaban J connectivity index is 1.39. The lowest BCUT2D eigenvalue weighted by Gasteiger charge is -2.25. The molecule has 0 unspecified atom stereocenters. The normalized spacial score (nSPS) is 18.7. The van der Waals surface area contributed by atoms with Crippen molar-refractivity contribution in [2.75, 3.05) is 36.5 Å². The number of anilines is 2. The van der Waals surface area contributed by atoms with E-state index in [0.717, 1.165) is 60.7 Å². The number of carbonyl (C=O) groups is 1. The molecule has 0 saturated carbocycles. The molecule has 1 N–H and O–H groups in total. The quantitative estimate of drug-likeness (QED) is 0.410. The van der Waals surface area contributed by atoms with Gasteiger partial charge in [-0.15, -0.1) is 0 Å². The van der Waals surface area contributed by atoms with Crippen LogP contribution < -0.4 is 15.8 Å². The summed E-state index contributed by atoms with van der Waals surface area (Å²) >= 11 is 0. The van der Waals surface area contributed by atoms with Crippen molar-refractivity contribution in [2.45, 2.75) is 32.7 Å². The summed E-state index contributed by atoms with van der Waals surface area (Å²) in [6, 6.07) is 9.35. The van der Waals surface area contributed by atoms with Gasteiger partial charge in [0.1, 0.15) is 11.4 Å². The molecule has 0 radical (unpaired) electrons. The summed E-state index contributed by atoms with van der Waals surface area (Å²) in [5.41, 5.74) is 0.751. The van der Waals surface area contributed by atoms with Crippen LogP contribution in [0, 0.1) is 17.0 Å². The van der Waals surface area contributed by atoms with Crippen LogP contribution in [0.25, 0.3) is 16.6 Å². The van der Waals surface area contributed by atoms with Gasteiger partial charge in [0.15, 0.2) is 11.6 Å². The first kappa shape index (κ1) is 25.2. The van der Waals surface area contributed by atoms with Crippen LogP contribution in [0.3, 0.4) is 0 Å². The predicted molar refractivity (Wildman–Crippen MR) is 143 cm³/mol. The SMILES string of the molecule is CC1(C)CCN(c2c(NC(=O)c3ccc(=O)n(-c4c(F)cccc4F)n3)ccc3nn([C@H]4CCOC4)cc23)C1. The zero-order chi connectivity index (χ0) is 27.3. The maximum Gasteiger partial charge on any atom is 0.276 e. The first-order valence-corrected chi connectivity index (χ1v) is 12.9. The van der Waals surface area contributed by atoms with Crippen LogP contribution in [0.4, 0.5) is 20.2 Å². The maximum atomic E-state index is 14.4. The van der Waals surface area contributed by atoms with E-state index in [1.165, 1.54) is 12.1 Å². The minimum absolute atomic E-state index is 0.0968. The molecule has 4 aromatic rings. The van der Waals surface area contributed by atoms with Gasteiger partial charge in [0, 0.05) is 37.3 Å². The average molecular weight is 535 g/mol. The van der Waals surface area contributed by atoms with Crippen LogP contribution in [0.1, 0.15) is 43.2 Å². The molecule has 2 saturated heterocycles. The number of nitrogens with one attached hydrogen (secondary N) is 1. The molecule has 9 nitrogen and oxygen atoms in total. The summed E-state index contributed by atoms with van der Waals surface area (Å²) in [7, 11) is 0. The van der Waals surface area contributed by atoms with E-state index in [1.807, 2.05) is 16.9 Å². The molecule has 11 heteroatoms. The number of rotatable bonds is 5. The Kier molecular flexibility index (Phi) is 6.17. The summed E-state index contributed by atoms with van der Waals surface area (Å²) in [6.45, 7) is 7.32. The molecule has 1 atom stereocenters. The summed E-state index contributed by atoms with van der Waals surface area (Å²) in [4.78, 5) is 28.1. The number of aromatic nitrogens is 4. The van der Waals surface area contributed by atoms with E-state index in [-0.39, 0.29) is 17.2 Å². The fourth-order valence-corrected chi connectivity index (χ4v) is 5.33. The second-order valence-electron chi connectivity index (χ2n) is 10.8. The van der Waals surface area contributed by atoms with Crippen molar-refractivity contribution in [1.82, 2.24) is 19.6 Å². The third kappa shape index (κ3) is 4.67. The Morgan fingerprint density at radius 3 is 2.56 bits per heavy atom. The van der Waals surface area contributed by atoms with E-state index in [1.54, 1.807) is 6.07 Å². The van der Waals surface area contributed by atoms with Crippen LogP contribution in [-0.2, 0) is 4.74 Å². The molecule has 1 amide bonds. The molecule has 202 valence electrons. The number of para-hydroxylation sites is 1. The van der Waals surface area contributed by atoms with Gasteiger partial charge < -0.3 is 15.0 Å². The number of halogens is 2. The number of hydrogen-bond acceptors (Lipinski definition) is 6. The van der Waals surface area contributed by atoms with Crippen LogP contribution in [0.5, 0.6) is 0 Å². The molecule has 0 spiro atoms. The second-order valence-corrected chi connectivity index (χ2v) is 10.8. The Morgan fingerprint density at radius 2 is 1.87 bits per heavy atom. The van der Waals surface area contributed by atoms with Crippen molar-refractivity contribution in [3.63, 3.8) is 0 Å². The van der Waals surface area contributed by atoms with Gasteiger partial charge >= 0.3 is 0 Å². The van der Waals surface area contributed by atoms with Gasteiger partial charge in [-0.25, -0.2) is 8.78 Å². The zero-order valence-electron chi connectivity index (χ0n) is 21.7. The predicted octanol–water partition coefficient (Wildman–Crippen LogP) is 4.31. The standard InChI is InChI=1S/C28H28F2N6O3/c1-28(2)11-12-34(16-28)25-18-14-35(17-10-13-39-15-17)32-21(18)6-7-22(25)31-27(38)23-8-9-24(37)36(33-23)26-19(29)4-3-5-20(26)30/h3-9,14,17H,10-13,15-16H2,1-2H3,(H,31,38)/t17-/m0/s1. The highest BCUT2D eigenvalue weighted by Gasteiger charge is 2.32. The van der Waals surface area contributed by atoms with E-state index in [2.05, 4.69) is 29.2 Å². The average Bonchev–Trinajstić information content (AvgIpc) is 3.64. The van der Waals surface area contributed by atoms with Crippen molar-refractivity contribution in [3.8, 4) is 5.69 Å². The molecule has 2 aromatic heterocycles. The Labute approximate surface area is 223 Å². The lowest BCUT2D eigenvalue weighted by Crippen LogP contribution is -2.27. The molecule has 0 bridgehead atoms. The van der Waals surface area contributed by atoms with E-state index in [0.29, 0.717) is 23.6 Å². The number of ether oxygens (including phenoxy) is 1. The smallest absolute Gasteiger partial charge is 0.276 e. The van der Waals surface area contributed by atoms with Crippen molar-refractivity contribution in [2.24, 2.45) is 5.41 Å². The Bertz CT molecular complexity index is 1620. The number of amides is 1. The summed E-state index contributed by atoms with van der Waals surface area (Å²) in [5, 5.41) is 12.6. The summed E-state index contributed by atoms with van der Waals surface area (Å²) in [6.07, 6.45) is 3.88. The van der Waals surface area contributed by atoms with Crippen LogP contribution in [-0.4, -0.2) is 51.8 Å². The highest BCUT2D eigenvalue weighted by molar-refractivity contribution is 6.08. The monoisotopic (exact) mass is 534 g/mol. The topological polar surface area (TPSA) is 94.3 Å². The summed E-state index contributed by atoms with van der Waals surface area (Å²) in [5.74, 6) is -2.54. The van der Waals surface area contributed by atoms with E-state index in [9.17, 15) is 18.4 Å². The van der Waals surface area contributed by atoms with E-state index in [4.69, 9.17) is 9.84 Å². The van der Waals surface area contributed by atoms with Crippen molar-refractivity contribution in [1.29, 1.82) is 0 Å². The van der Waals surface area contributed by atoms with Gasteiger partial charge in [-0.1, -0.05) is 19.9 Å². The molecular formula is C28H28F2N6O3. The van der Waals surface area contributed by atoms with E-state index < -0.39 is 28.8 Å². The molecule has 4 heterocycles.